The number of hydrogen-bond donors (Lipinski definition) is 0. The van der Waals surface area contributed by atoms with Crippen LogP contribution in [-0.2, 0) is 0 Å². The highest BCUT2D eigenvalue weighted by atomic mass is 15.0. The van der Waals surface area contributed by atoms with Crippen molar-refractivity contribution in [2.24, 2.45) is 0 Å². The third kappa shape index (κ3) is 4.13. The van der Waals surface area contributed by atoms with Crippen molar-refractivity contribution in [2.75, 3.05) is 0 Å². The van der Waals surface area contributed by atoms with Gasteiger partial charge >= 0.3 is 0 Å². The minimum atomic E-state index is 0.985. The van der Waals surface area contributed by atoms with E-state index >= 15 is 0 Å². The molecule has 210 valence electrons. The van der Waals surface area contributed by atoms with Crippen LogP contribution in [-0.4, -0.2) is 14.5 Å². The second-order valence-corrected chi connectivity index (χ2v) is 11.5. The van der Waals surface area contributed by atoms with E-state index in [1.165, 1.54) is 65.6 Å². The number of pyridine rings is 2. The van der Waals surface area contributed by atoms with Gasteiger partial charge in [-0.15, -0.1) is 0 Å². The molecule has 3 heteroatoms. The summed E-state index contributed by atoms with van der Waals surface area (Å²) < 4.78 is 2.44. The molecule has 3 heterocycles. The van der Waals surface area contributed by atoms with E-state index in [0.717, 1.165) is 16.9 Å². The van der Waals surface area contributed by atoms with Crippen molar-refractivity contribution in [3.63, 3.8) is 0 Å². The fourth-order valence-corrected chi connectivity index (χ4v) is 6.87. The number of nitrogens with zero attached hydrogens (tertiary/aromatic N) is 3. The number of rotatable bonds is 4. The Morgan fingerprint density at radius 2 is 1.13 bits per heavy atom. The van der Waals surface area contributed by atoms with Crippen molar-refractivity contribution < 1.29 is 0 Å². The number of para-hydroxylation sites is 1. The Morgan fingerprint density at radius 3 is 1.96 bits per heavy atom. The van der Waals surface area contributed by atoms with Crippen LogP contribution in [0.1, 0.15) is 0 Å². The minimum absolute atomic E-state index is 0.985. The van der Waals surface area contributed by atoms with Gasteiger partial charge < -0.3 is 4.57 Å². The first kappa shape index (κ1) is 25.4. The molecule has 45 heavy (non-hydrogen) atoms. The fourth-order valence-electron chi connectivity index (χ4n) is 6.87. The second-order valence-electron chi connectivity index (χ2n) is 11.5. The van der Waals surface area contributed by atoms with Gasteiger partial charge in [-0.05, 0) is 86.9 Å². The molecule has 0 aliphatic rings. The Balaban J connectivity index is 1.31. The molecule has 0 aliphatic heterocycles. The first-order chi connectivity index (χ1) is 22.3. The van der Waals surface area contributed by atoms with Gasteiger partial charge in [0.05, 0.1) is 16.7 Å². The van der Waals surface area contributed by atoms with E-state index in [0.29, 0.717) is 0 Å². The average Bonchev–Trinajstić information content (AvgIpc) is 3.46. The lowest BCUT2D eigenvalue weighted by molar-refractivity contribution is 1.19. The van der Waals surface area contributed by atoms with E-state index < -0.39 is 0 Å². The number of hydrogen-bond acceptors (Lipinski definition) is 2. The van der Waals surface area contributed by atoms with Crippen LogP contribution in [0.3, 0.4) is 0 Å². The predicted molar refractivity (Wildman–Crippen MR) is 188 cm³/mol. The average molecular weight is 574 g/mol. The molecule has 0 spiro atoms. The first-order valence-corrected chi connectivity index (χ1v) is 15.2. The summed E-state index contributed by atoms with van der Waals surface area (Å²) in [5.41, 5.74) is 10.5. The summed E-state index contributed by atoms with van der Waals surface area (Å²) in [5.74, 6) is 0. The molecule has 0 radical (unpaired) electrons. The lowest BCUT2D eigenvalue weighted by Crippen LogP contribution is -1.94. The van der Waals surface area contributed by atoms with Crippen molar-refractivity contribution >= 4 is 43.4 Å². The Kier molecular flexibility index (Phi) is 5.82. The summed E-state index contributed by atoms with van der Waals surface area (Å²) in [4.78, 5) is 8.85. The second kappa shape index (κ2) is 10.3. The van der Waals surface area contributed by atoms with Crippen LogP contribution >= 0.6 is 0 Å². The van der Waals surface area contributed by atoms with E-state index in [1.54, 1.807) is 0 Å². The zero-order valence-corrected chi connectivity index (χ0v) is 24.4. The summed E-state index contributed by atoms with van der Waals surface area (Å²) >= 11 is 0. The Bertz CT molecular complexity index is 2510. The van der Waals surface area contributed by atoms with Crippen LogP contribution in [0.2, 0.25) is 0 Å². The molecule has 9 aromatic rings. The van der Waals surface area contributed by atoms with Crippen molar-refractivity contribution in [1.82, 2.24) is 14.5 Å². The molecule has 9 rings (SSSR count). The Labute approximate surface area is 260 Å². The van der Waals surface area contributed by atoms with Gasteiger partial charge in [-0.1, -0.05) is 97.1 Å². The summed E-state index contributed by atoms with van der Waals surface area (Å²) in [6.45, 7) is 0. The molecule has 3 aromatic heterocycles. The molecule has 0 unspecified atom stereocenters. The summed E-state index contributed by atoms with van der Waals surface area (Å²) in [6, 6.07) is 52.3. The molecule has 0 amide bonds. The van der Waals surface area contributed by atoms with Crippen molar-refractivity contribution in [2.45, 2.75) is 0 Å². The molecule has 0 N–H and O–H groups in total. The maximum Gasteiger partial charge on any atom is 0.0708 e. The highest BCUT2D eigenvalue weighted by Gasteiger charge is 2.17. The third-order valence-electron chi connectivity index (χ3n) is 8.95. The van der Waals surface area contributed by atoms with Gasteiger partial charge in [0, 0.05) is 46.0 Å². The first-order valence-electron chi connectivity index (χ1n) is 15.2. The number of fused-ring (bicyclic) bond motifs is 6. The molecule has 0 bridgehead atoms. The normalized spacial score (nSPS) is 11.6. The summed E-state index contributed by atoms with van der Waals surface area (Å²) in [5, 5.41) is 7.36. The molecule has 0 fully saturated rings. The molecular weight excluding hydrogens is 546 g/mol. The molecular formula is C42H27N3. The van der Waals surface area contributed by atoms with Crippen LogP contribution in [0.5, 0.6) is 0 Å². The van der Waals surface area contributed by atoms with Crippen LogP contribution in [0.25, 0.3) is 82.5 Å². The van der Waals surface area contributed by atoms with Gasteiger partial charge in [0.25, 0.3) is 0 Å². The number of benzene rings is 6. The molecule has 3 nitrogen and oxygen atoms in total. The monoisotopic (exact) mass is 573 g/mol. The van der Waals surface area contributed by atoms with E-state index in [2.05, 4.69) is 148 Å². The largest absolute Gasteiger partial charge is 0.309 e. The zero-order chi connectivity index (χ0) is 29.7. The molecule has 0 aliphatic carbocycles. The topological polar surface area (TPSA) is 30.7 Å². The molecule has 0 saturated heterocycles. The van der Waals surface area contributed by atoms with E-state index in [9.17, 15) is 0 Å². The maximum atomic E-state index is 4.65. The van der Waals surface area contributed by atoms with Gasteiger partial charge in [-0.25, -0.2) is 0 Å². The summed E-state index contributed by atoms with van der Waals surface area (Å²) in [7, 11) is 0. The minimum Gasteiger partial charge on any atom is -0.309 e. The Morgan fingerprint density at radius 1 is 0.422 bits per heavy atom. The quantitative estimate of drug-likeness (QED) is 0.210. The van der Waals surface area contributed by atoms with Crippen molar-refractivity contribution in [1.29, 1.82) is 0 Å². The molecule has 6 aromatic carbocycles. The SMILES string of the molecule is c1ccc(-n2c3cc(-c4ccc(-c5ccccn5)c5ccccc45)ccc3c3ccc4cc(-c5ccncc5)ccc4c32)cc1. The van der Waals surface area contributed by atoms with Crippen LogP contribution in [0, 0.1) is 0 Å². The van der Waals surface area contributed by atoms with Gasteiger partial charge in [0.15, 0.2) is 0 Å². The smallest absolute Gasteiger partial charge is 0.0708 e. The standard InChI is InChI=1S/C42H27N3/c1-2-8-32(9-3-1)45-41-27-31(33-19-20-37(40-12-6-7-23-44-40)36-11-5-4-10-35(33)36)14-17-38(41)39-18-15-30-26-29(13-16-34(30)42(39)45)28-21-24-43-25-22-28/h1-27H. The zero-order valence-electron chi connectivity index (χ0n) is 24.4. The van der Waals surface area contributed by atoms with Crippen molar-refractivity contribution in [3.05, 3.63) is 164 Å². The molecule has 0 atom stereocenters. The van der Waals surface area contributed by atoms with Crippen LogP contribution in [0.15, 0.2) is 164 Å². The lowest BCUT2D eigenvalue weighted by Gasteiger charge is -2.13. The van der Waals surface area contributed by atoms with Crippen LogP contribution < -0.4 is 0 Å². The summed E-state index contributed by atoms with van der Waals surface area (Å²) in [6.07, 6.45) is 5.56. The van der Waals surface area contributed by atoms with E-state index in [4.69, 9.17) is 0 Å². The highest BCUT2D eigenvalue weighted by Crippen LogP contribution is 2.41. The molecule has 0 saturated carbocycles. The van der Waals surface area contributed by atoms with Gasteiger partial charge in [-0.3, -0.25) is 9.97 Å². The van der Waals surface area contributed by atoms with E-state index in [1.807, 2.05) is 30.7 Å². The van der Waals surface area contributed by atoms with Gasteiger partial charge in [0.1, 0.15) is 0 Å². The highest BCUT2D eigenvalue weighted by molar-refractivity contribution is 6.19. The van der Waals surface area contributed by atoms with Crippen molar-refractivity contribution in [3.8, 4) is 39.2 Å². The predicted octanol–water partition coefficient (Wildman–Crippen LogP) is 10.9. The van der Waals surface area contributed by atoms with Gasteiger partial charge in [-0.2, -0.15) is 0 Å². The lowest BCUT2D eigenvalue weighted by atomic mass is 9.93. The van der Waals surface area contributed by atoms with E-state index in [-0.39, 0.29) is 0 Å². The fraction of sp³-hybridized carbons (Fsp3) is 0. The number of aromatic nitrogens is 3. The third-order valence-corrected chi connectivity index (χ3v) is 8.95. The van der Waals surface area contributed by atoms with Crippen LogP contribution in [0.4, 0.5) is 0 Å². The Hall–Kier alpha value is -6.06. The van der Waals surface area contributed by atoms with Gasteiger partial charge in [0.2, 0.25) is 0 Å². The maximum absolute atomic E-state index is 4.65.